The molecular formula is C17H17N3. The fourth-order valence-corrected chi connectivity index (χ4v) is 2.34. The van der Waals surface area contributed by atoms with Gasteiger partial charge in [0.15, 0.2) is 0 Å². The predicted octanol–water partition coefficient (Wildman–Crippen LogP) is 3.01. The summed E-state index contributed by atoms with van der Waals surface area (Å²) in [6.45, 7) is 1.69. The topological polar surface area (TPSA) is 28.5 Å². The minimum Gasteiger partial charge on any atom is -0.351 e. The van der Waals surface area contributed by atoms with Gasteiger partial charge in [-0.3, -0.25) is 9.98 Å². The number of pyridine rings is 1. The van der Waals surface area contributed by atoms with Crippen LogP contribution in [0.1, 0.15) is 11.1 Å². The molecule has 3 rings (SSSR count). The molecule has 20 heavy (non-hydrogen) atoms. The molecule has 100 valence electrons. The Hall–Kier alpha value is -2.42. The number of allylic oxidation sites excluding steroid dienone is 1. The molecule has 2 heterocycles. The zero-order valence-corrected chi connectivity index (χ0v) is 11.3. The van der Waals surface area contributed by atoms with Gasteiger partial charge in [-0.25, -0.2) is 0 Å². The SMILES string of the molecule is C1=NCN(CCc2ccncc2)C(c2ccccc2)=C1. The van der Waals surface area contributed by atoms with Crippen molar-refractivity contribution in [3.05, 3.63) is 72.1 Å². The van der Waals surface area contributed by atoms with Crippen LogP contribution < -0.4 is 0 Å². The van der Waals surface area contributed by atoms with Gasteiger partial charge in [0.25, 0.3) is 0 Å². The highest BCUT2D eigenvalue weighted by molar-refractivity contribution is 5.85. The minimum absolute atomic E-state index is 0.728. The minimum atomic E-state index is 0.728. The molecular weight excluding hydrogens is 246 g/mol. The van der Waals surface area contributed by atoms with Crippen LogP contribution >= 0.6 is 0 Å². The molecule has 0 N–H and O–H groups in total. The van der Waals surface area contributed by atoms with Crippen LogP contribution in [0.4, 0.5) is 0 Å². The Labute approximate surface area is 119 Å². The van der Waals surface area contributed by atoms with Crippen molar-refractivity contribution >= 4 is 11.9 Å². The van der Waals surface area contributed by atoms with E-state index in [1.54, 1.807) is 0 Å². The molecule has 1 aromatic carbocycles. The summed E-state index contributed by atoms with van der Waals surface area (Å²) in [7, 11) is 0. The summed E-state index contributed by atoms with van der Waals surface area (Å²) >= 11 is 0. The number of nitrogens with zero attached hydrogens (tertiary/aromatic N) is 3. The molecule has 0 amide bonds. The Morgan fingerprint density at radius 2 is 1.80 bits per heavy atom. The lowest BCUT2D eigenvalue weighted by Crippen LogP contribution is -2.27. The van der Waals surface area contributed by atoms with E-state index >= 15 is 0 Å². The molecule has 3 heteroatoms. The Balaban J connectivity index is 1.72. The van der Waals surface area contributed by atoms with E-state index in [1.807, 2.05) is 24.7 Å². The van der Waals surface area contributed by atoms with Crippen LogP contribution in [-0.4, -0.2) is 29.3 Å². The number of rotatable bonds is 4. The van der Waals surface area contributed by atoms with E-state index < -0.39 is 0 Å². The molecule has 1 aliphatic rings. The molecule has 0 saturated carbocycles. The van der Waals surface area contributed by atoms with E-state index in [-0.39, 0.29) is 0 Å². The maximum Gasteiger partial charge on any atom is 0.110 e. The normalized spacial score (nSPS) is 14.2. The maximum atomic E-state index is 4.36. The first-order chi connectivity index (χ1) is 9.93. The summed E-state index contributed by atoms with van der Waals surface area (Å²) in [5, 5.41) is 0. The molecule has 3 nitrogen and oxygen atoms in total. The second-order valence-electron chi connectivity index (χ2n) is 4.76. The zero-order chi connectivity index (χ0) is 13.6. The number of aromatic nitrogens is 1. The molecule has 0 radical (unpaired) electrons. The van der Waals surface area contributed by atoms with Gasteiger partial charge in [-0.15, -0.1) is 0 Å². The first kappa shape index (κ1) is 12.6. The molecule has 2 aromatic rings. The van der Waals surface area contributed by atoms with Crippen molar-refractivity contribution in [3.63, 3.8) is 0 Å². The number of hydrogen-bond acceptors (Lipinski definition) is 3. The van der Waals surface area contributed by atoms with Gasteiger partial charge in [-0.05, 0) is 35.8 Å². The van der Waals surface area contributed by atoms with Gasteiger partial charge < -0.3 is 4.90 Å². The van der Waals surface area contributed by atoms with Crippen molar-refractivity contribution in [1.82, 2.24) is 9.88 Å². The summed E-state index contributed by atoms with van der Waals surface area (Å²) in [5.74, 6) is 0. The standard InChI is InChI=1S/C17H17N3/c1-2-4-16(5-3-1)17-8-12-19-14-20(17)13-9-15-6-10-18-11-7-15/h1-8,10-12H,9,13-14H2. The van der Waals surface area contributed by atoms with Crippen LogP contribution in [-0.2, 0) is 6.42 Å². The van der Waals surface area contributed by atoms with Crippen molar-refractivity contribution in [2.24, 2.45) is 4.99 Å². The van der Waals surface area contributed by atoms with Crippen LogP contribution in [0.25, 0.3) is 5.70 Å². The number of benzene rings is 1. The smallest absolute Gasteiger partial charge is 0.110 e. The monoisotopic (exact) mass is 263 g/mol. The van der Waals surface area contributed by atoms with Crippen LogP contribution in [0.15, 0.2) is 65.9 Å². The van der Waals surface area contributed by atoms with E-state index in [2.05, 4.69) is 57.4 Å². The third-order valence-electron chi connectivity index (χ3n) is 3.42. The first-order valence-electron chi connectivity index (χ1n) is 6.83. The first-order valence-corrected chi connectivity index (χ1v) is 6.83. The third-order valence-corrected chi connectivity index (χ3v) is 3.42. The van der Waals surface area contributed by atoms with Crippen LogP contribution in [0.2, 0.25) is 0 Å². The molecule has 0 unspecified atom stereocenters. The van der Waals surface area contributed by atoms with Gasteiger partial charge in [0, 0.05) is 30.9 Å². The quantitative estimate of drug-likeness (QED) is 0.848. The lowest BCUT2D eigenvalue weighted by atomic mass is 10.1. The van der Waals surface area contributed by atoms with E-state index in [0.717, 1.165) is 19.6 Å². The van der Waals surface area contributed by atoms with E-state index in [9.17, 15) is 0 Å². The lowest BCUT2D eigenvalue weighted by Gasteiger charge is -2.28. The van der Waals surface area contributed by atoms with Crippen molar-refractivity contribution < 1.29 is 0 Å². The molecule has 0 aliphatic carbocycles. The van der Waals surface area contributed by atoms with Gasteiger partial charge in [-0.2, -0.15) is 0 Å². The Bertz CT molecular complexity index is 603. The number of aliphatic imine (C=N–C) groups is 1. The maximum absolute atomic E-state index is 4.36. The average Bonchev–Trinajstić information content (AvgIpc) is 2.55. The predicted molar refractivity (Wildman–Crippen MR) is 82.4 cm³/mol. The van der Waals surface area contributed by atoms with Crippen molar-refractivity contribution in [1.29, 1.82) is 0 Å². The number of hydrogen-bond donors (Lipinski definition) is 0. The van der Waals surface area contributed by atoms with Crippen LogP contribution in [0.5, 0.6) is 0 Å². The summed E-state index contributed by atoms with van der Waals surface area (Å²) in [6.07, 6.45) is 8.67. The summed E-state index contributed by atoms with van der Waals surface area (Å²) in [5.41, 5.74) is 3.80. The Morgan fingerprint density at radius 1 is 1.00 bits per heavy atom. The van der Waals surface area contributed by atoms with Crippen molar-refractivity contribution in [3.8, 4) is 0 Å². The van der Waals surface area contributed by atoms with Crippen molar-refractivity contribution in [2.45, 2.75) is 6.42 Å². The summed E-state index contributed by atoms with van der Waals surface area (Å²) in [4.78, 5) is 10.7. The second kappa shape index (κ2) is 6.15. The van der Waals surface area contributed by atoms with Gasteiger partial charge in [0.05, 0.1) is 0 Å². The molecule has 0 bridgehead atoms. The van der Waals surface area contributed by atoms with Crippen LogP contribution in [0, 0.1) is 0 Å². The molecule has 0 atom stereocenters. The highest BCUT2D eigenvalue weighted by atomic mass is 15.2. The van der Waals surface area contributed by atoms with Crippen LogP contribution in [0.3, 0.4) is 0 Å². The Kier molecular flexibility index (Phi) is 3.88. The van der Waals surface area contributed by atoms with Gasteiger partial charge in [0.2, 0.25) is 0 Å². The average molecular weight is 263 g/mol. The fraction of sp³-hybridized carbons (Fsp3) is 0.176. The Morgan fingerprint density at radius 3 is 2.60 bits per heavy atom. The van der Waals surface area contributed by atoms with Gasteiger partial charge in [-0.1, -0.05) is 30.3 Å². The van der Waals surface area contributed by atoms with Gasteiger partial charge in [0.1, 0.15) is 6.67 Å². The molecule has 1 aromatic heterocycles. The molecule has 0 spiro atoms. The van der Waals surface area contributed by atoms with Crippen molar-refractivity contribution in [2.75, 3.05) is 13.2 Å². The zero-order valence-electron chi connectivity index (χ0n) is 11.3. The molecule has 1 aliphatic heterocycles. The highest BCUT2D eigenvalue weighted by Crippen LogP contribution is 2.21. The lowest BCUT2D eigenvalue weighted by molar-refractivity contribution is 0.412. The highest BCUT2D eigenvalue weighted by Gasteiger charge is 2.12. The third kappa shape index (κ3) is 2.94. The largest absolute Gasteiger partial charge is 0.351 e. The van der Waals surface area contributed by atoms with Gasteiger partial charge >= 0.3 is 0 Å². The van der Waals surface area contributed by atoms with E-state index in [4.69, 9.17) is 0 Å². The summed E-state index contributed by atoms with van der Waals surface area (Å²) in [6, 6.07) is 14.6. The summed E-state index contributed by atoms with van der Waals surface area (Å²) < 4.78 is 0. The molecule has 0 saturated heterocycles. The fourth-order valence-electron chi connectivity index (χ4n) is 2.34. The molecule has 0 fully saturated rings. The van der Waals surface area contributed by atoms with E-state index in [0.29, 0.717) is 0 Å². The second-order valence-corrected chi connectivity index (χ2v) is 4.76. The van der Waals surface area contributed by atoms with E-state index in [1.165, 1.54) is 16.8 Å².